The number of nitrogens with one attached hydrogen (secondary N) is 1. The Morgan fingerprint density at radius 2 is 1.67 bits per heavy atom. The number of amides is 1. The Labute approximate surface area is 210 Å². The third-order valence-electron chi connectivity index (χ3n) is 5.70. The summed E-state index contributed by atoms with van der Waals surface area (Å²) >= 11 is 0. The molecule has 0 aliphatic heterocycles. The number of anilines is 1. The SMILES string of the molecule is COc1ccc(S(=O)(=O)N(C)c2ccc(C(=O)NCc3ccc(-n4ccnc4)cc3)cc2)cc1OC. The van der Waals surface area contributed by atoms with E-state index in [1.165, 1.54) is 39.5 Å². The summed E-state index contributed by atoms with van der Waals surface area (Å²) in [6.07, 6.45) is 5.29. The first-order valence-corrected chi connectivity index (χ1v) is 12.4. The van der Waals surface area contributed by atoms with Gasteiger partial charge >= 0.3 is 0 Å². The van der Waals surface area contributed by atoms with Crippen LogP contribution in [0.15, 0.2) is 90.3 Å². The van der Waals surface area contributed by atoms with Crippen molar-refractivity contribution < 1.29 is 22.7 Å². The summed E-state index contributed by atoms with van der Waals surface area (Å²) in [5, 5.41) is 2.88. The van der Waals surface area contributed by atoms with Crippen molar-refractivity contribution in [1.29, 1.82) is 0 Å². The minimum atomic E-state index is -3.86. The average molecular weight is 507 g/mol. The minimum absolute atomic E-state index is 0.0588. The van der Waals surface area contributed by atoms with Crippen LogP contribution < -0.4 is 19.1 Å². The van der Waals surface area contributed by atoms with Crippen molar-refractivity contribution >= 4 is 21.6 Å². The second-order valence-corrected chi connectivity index (χ2v) is 9.82. The first kappa shape index (κ1) is 24.8. The molecule has 9 nitrogen and oxygen atoms in total. The number of sulfonamides is 1. The van der Waals surface area contributed by atoms with Crippen molar-refractivity contribution in [3.63, 3.8) is 0 Å². The van der Waals surface area contributed by atoms with Crippen molar-refractivity contribution in [3.8, 4) is 17.2 Å². The predicted octanol–water partition coefficient (Wildman–Crippen LogP) is 3.64. The molecule has 0 bridgehead atoms. The molecule has 0 aliphatic carbocycles. The van der Waals surface area contributed by atoms with E-state index in [0.717, 1.165) is 15.6 Å². The number of hydrogen-bond acceptors (Lipinski definition) is 6. The zero-order valence-corrected chi connectivity index (χ0v) is 20.9. The fraction of sp³-hybridized carbons (Fsp3) is 0.154. The first-order chi connectivity index (χ1) is 17.3. The molecule has 3 aromatic carbocycles. The van der Waals surface area contributed by atoms with Gasteiger partial charge in [0.05, 0.1) is 31.1 Å². The average Bonchev–Trinajstić information content (AvgIpc) is 3.46. The molecule has 4 aromatic rings. The Balaban J connectivity index is 1.41. The van der Waals surface area contributed by atoms with E-state index in [9.17, 15) is 13.2 Å². The second kappa shape index (κ2) is 10.5. The van der Waals surface area contributed by atoms with Gasteiger partial charge in [-0.1, -0.05) is 12.1 Å². The molecule has 186 valence electrons. The van der Waals surface area contributed by atoms with Gasteiger partial charge in [-0.15, -0.1) is 0 Å². The molecule has 1 aromatic heterocycles. The van der Waals surface area contributed by atoms with Crippen LogP contribution in [0.2, 0.25) is 0 Å². The van der Waals surface area contributed by atoms with Gasteiger partial charge in [0.25, 0.3) is 15.9 Å². The van der Waals surface area contributed by atoms with Crippen molar-refractivity contribution in [1.82, 2.24) is 14.9 Å². The van der Waals surface area contributed by atoms with Crippen molar-refractivity contribution in [3.05, 3.63) is 96.6 Å². The molecule has 0 spiro atoms. The highest BCUT2D eigenvalue weighted by molar-refractivity contribution is 7.92. The molecular weight excluding hydrogens is 480 g/mol. The summed E-state index contributed by atoms with van der Waals surface area (Å²) < 4.78 is 39.7. The van der Waals surface area contributed by atoms with Crippen LogP contribution in [-0.2, 0) is 16.6 Å². The number of nitrogens with zero attached hydrogens (tertiary/aromatic N) is 3. The number of imidazole rings is 1. The number of methoxy groups -OCH3 is 2. The van der Waals surface area contributed by atoms with E-state index in [2.05, 4.69) is 10.3 Å². The van der Waals surface area contributed by atoms with Gasteiger partial charge in [0.1, 0.15) is 0 Å². The lowest BCUT2D eigenvalue weighted by Gasteiger charge is -2.20. The third kappa shape index (κ3) is 5.18. The van der Waals surface area contributed by atoms with Crippen LogP contribution >= 0.6 is 0 Å². The molecule has 10 heteroatoms. The molecule has 0 atom stereocenters. The van der Waals surface area contributed by atoms with Crippen molar-refractivity contribution in [2.24, 2.45) is 0 Å². The summed E-state index contributed by atoms with van der Waals surface area (Å²) in [5.74, 6) is 0.490. The van der Waals surface area contributed by atoms with Crippen molar-refractivity contribution in [2.75, 3.05) is 25.6 Å². The highest BCUT2D eigenvalue weighted by atomic mass is 32.2. The maximum Gasteiger partial charge on any atom is 0.264 e. The molecule has 36 heavy (non-hydrogen) atoms. The van der Waals surface area contributed by atoms with Gasteiger partial charge < -0.3 is 19.4 Å². The molecule has 0 fully saturated rings. The number of carbonyl (C=O) groups excluding carboxylic acids is 1. The second-order valence-electron chi connectivity index (χ2n) is 7.86. The molecule has 0 unspecified atom stereocenters. The molecule has 4 rings (SSSR count). The fourth-order valence-electron chi connectivity index (χ4n) is 3.58. The summed E-state index contributed by atoms with van der Waals surface area (Å²) in [6.45, 7) is 0.360. The van der Waals surface area contributed by atoms with E-state index in [0.29, 0.717) is 29.3 Å². The summed E-state index contributed by atoms with van der Waals surface area (Å²) in [5.41, 5.74) is 2.76. The quantitative estimate of drug-likeness (QED) is 0.372. The van der Waals surface area contributed by atoms with Gasteiger partial charge in [-0.25, -0.2) is 13.4 Å². The number of ether oxygens (including phenoxy) is 2. The lowest BCUT2D eigenvalue weighted by Crippen LogP contribution is -2.27. The van der Waals surface area contributed by atoms with Gasteiger partial charge in [0, 0.05) is 43.3 Å². The number of rotatable bonds is 9. The molecule has 1 amide bonds. The Kier molecular flexibility index (Phi) is 7.25. The zero-order chi connectivity index (χ0) is 25.7. The first-order valence-electron chi connectivity index (χ1n) is 11.0. The van der Waals surface area contributed by atoms with Gasteiger partial charge in [-0.2, -0.15) is 0 Å². The normalized spacial score (nSPS) is 11.1. The maximum atomic E-state index is 13.1. The summed E-state index contributed by atoms with van der Waals surface area (Å²) in [6, 6.07) is 18.5. The largest absolute Gasteiger partial charge is 0.493 e. The van der Waals surface area contributed by atoms with E-state index in [-0.39, 0.29) is 10.8 Å². The number of hydrogen-bond donors (Lipinski definition) is 1. The van der Waals surface area contributed by atoms with Crippen LogP contribution in [0.3, 0.4) is 0 Å². The predicted molar refractivity (Wildman–Crippen MR) is 136 cm³/mol. The van der Waals surface area contributed by atoms with Gasteiger partial charge in [0.2, 0.25) is 0 Å². The summed E-state index contributed by atoms with van der Waals surface area (Å²) in [4.78, 5) is 16.7. The van der Waals surface area contributed by atoms with Crippen LogP contribution in [0.1, 0.15) is 15.9 Å². The van der Waals surface area contributed by atoms with Gasteiger partial charge in [-0.3, -0.25) is 9.10 Å². The Bertz CT molecular complexity index is 1430. The van der Waals surface area contributed by atoms with E-state index in [1.807, 2.05) is 35.0 Å². The smallest absolute Gasteiger partial charge is 0.264 e. The zero-order valence-electron chi connectivity index (χ0n) is 20.1. The Hall–Kier alpha value is -4.31. The maximum absolute atomic E-state index is 13.1. The Morgan fingerprint density at radius 1 is 0.972 bits per heavy atom. The van der Waals surface area contributed by atoms with Gasteiger partial charge in [-0.05, 0) is 54.1 Å². The minimum Gasteiger partial charge on any atom is -0.493 e. The lowest BCUT2D eigenvalue weighted by atomic mass is 10.1. The van der Waals surface area contributed by atoms with E-state index >= 15 is 0 Å². The Morgan fingerprint density at radius 3 is 2.28 bits per heavy atom. The monoisotopic (exact) mass is 506 g/mol. The highest BCUT2D eigenvalue weighted by Gasteiger charge is 2.23. The van der Waals surface area contributed by atoms with E-state index < -0.39 is 10.0 Å². The van der Waals surface area contributed by atoms with Crippen LogP contribution in [-0.4, -0.2) is 45.1 Å². The van der Waals surface area contributed by atoms with Crippen LogP contribution in [0.5, 0.6) is 11.5 Å². The van der Waals surface area contributed by atoms with Gasteiger partial charge in [0.15, 0.2) is 11.5 Å². The van der Waals surface area contributed by atoms with Crippen molar-refractivity contribution in [2.45, 2.75) is 11.4 Å². The fourth-order valence-corrected chi connectivity index (χ4v) is 4.79. The van der Waals surface area contributed by atoms with E-state index in [1.54, 1.807) is 36.8 Å². The molecule has 0 radical (unpaired) electrons. The summed E-state index contributed by atoms with van der Waals surface area (Å²) in [7, 11) is 0.519. The molecule has 0 aliphatic rings. The van der Waals surface area contributed by atoms with Crippen LogP contribution in [0.25, 0.3) is 5.69 Å². The number of aromatic nitrogens is 2. The molecular formula is C26H26N4O5S. The van der Waals surface area contributed by atoms with Crippen LogP contribution in [0.4, 0.5) is 5.69 Å². The third-order valence-corrected chi connectivity index (χ3v) is 7.48. The standard InChI is InChI=1S/C26H26N4O5S/c1-29(36(32,33)23-12-13-24(34-2)25(16-23)35-3)21-10-6-20(7-11-21)26(31)28-17-19-4-8-22(9-5-19)30-15-14-27-18-30/h4-16,18H,17H2,1-3H3,(H,28,31). The number of carbonyl (C=O) groups is 1. The molecule has 1 heterocycles. The molecule has 1 N–H and O–H groups in total. The van der Waals surface area contributed by atoms with E-state index in [4.69, 9.17) is 9.47 Å². The highest BCUT2D eigenvalue weighted by Crippen LogP contribution is 2.31. The molecule has 0 saturated heterocycles. The van der Waals surface area contributed by atoms with Crippen LogP contribution in [0, 0.1) is 0 Å². The topological polar surface area (TPSA) is 103 Å². The lowest BCUT2D eigenvalue weighted by molar-refractivity contribution is 0.0951. The number of benzene rings is 3. The molecule has 0 saturated carbocycles.